The highest BCUT2D eigenvalue weighted by atomic mass is 31.2. The fraction of sp³-hybridized carbons (Fsp3) is 0. The summed E-state index contributed by atoms with van der Waals surface area (Å²) in [4.78, 5) is 27.7. The minimum atomic E-state index is -4.31. The number of rotatable bonds is 1. The van der Waals surface area contributed by atoms with Crippen LogP contribution in [0.15, 0.2) is 24.3 Å². The van der Waals surface area contributed by atoms with E-state index in [0.717, 1.165) is 0 Å². The van der Waals surface area contributed by atoms with Gasteiger partial charge in [-0.3, -0.25) is 4.57 Å². The van der Waals surface area contributed by atoms with E-state index in [2.05, 4.69) is 15.0 Å². The summed E-state index contributed by atoms with van der Waals surface area (Å²) in [6, 6.07) is 5.37. The molecule has 0 saturated heterocycles. The highest BCUT2D eigenvalue weighted by molar-refractivity contribution is 7.60. The fourth-order valence-corrected chi connectivity index (χ4v) is 1.79. The van der Waals surface area contributed by atoms with Crippen LogP contribution in [0.25, 0.3) is 0 Å². The van der Waals surface area contributed by atoms with E-state index in [4.69, 9.17) is 32.1 Å². The topological polar surface area (TPSA) is 194 Å². The number of hydrogen-bond acceptors (Lipinski definition) is 8. The Labute approximate surface area is 113 Å². The molecule has 0 spiro atoms. The molecule has 0 amide bonds. The van der Waals surface area contributed by atoms with Gasteiger partial charge in [-0.15, -0.1) is 0 Å². The fourth-order valence-electron chi connectivity index (χ4n) is 1.14. The second-order valence-corrected chi connectivity index (χ2v) is 5.01. The number of nitrogens with zero attached hydrogens (tertiary/aromatic N) is 3. The lowest BCUT2D eigenvalue weighted by atomic mass is 10.3. The molecule has 0 atom stereocenters. The molecule has 1 aromatic carbocycles. The van der Waals surface area contributed by atoms with Gasteiger partial charge in [0.25, 0.3) is 0 Å². The third-order valence-corrected chi connectivity index (χ3v) is 2.89. The molecule has 108 valence electrons. The SMILES string of the molecule is Nc1nc(N)nc(N)n1.O=P(O)(O)c1ccccc1O. The van der Waals surface area contributed by atoms with Gasteiger partial charge in [-0.25, -0.2) is 0 Å². The van der Waals surface area contributed by atoms with Gasteiger partial charge in [0.1, 0.15) is 11.1 Å². The number of anilines is 3. The lowest BCUT2D eigenvalue weighted by Crippen LogP contribution is -2.05. The lowest BCUT2D eigenvalue weighted by molar-refractivity contribution is 0.384. The number of aromatic hydroxyl groups is 1. The number of aromatic nitrogens is 3. The Morgan fingerprint density at radius 1 is 0.900 bits per heavy atom. The van der Waals surface area contributed by atoms with Crippen LogP contribution in [0.5, 0.6) is 5.75 Å². The van der Waals surface area contributed by atoms with Crippen molar-refractivity contribution in [1.29, 1.82) is 0 Å². The Hall–Kier alpha value is -2.42. The van der Waals surface area contributed by atoms with E-state index >= 15 is 0 Å². The molecule has 0 bridgehead atoms. The van der Waals surface area contributed by atoms with E-state index in [1.807, 2.05) is 0 Å². The molecule has 0 saturated carbocycles. The van der Waals surface area contributed by atoms with Crippen LogP contribution < -0.4 is 22.5 Å². The zero-order valence-electron chi connectivity index (χ0n) is 10.1. The first-order valence-electron chi connectivity index (χ1n) is 5.06. The molecule has 0 aliphatic heterocycles. The second-order valence-electron chi connectivity index (χ2n) is 3.44. The van der Waals surface area contributed by atoms with Gasteiger partial charge in [-0.05, 0) is 12.1 Å². The number of para-hydroxylation sites is 1. The number of nitrogen functional groups attached to an aromatic ring is 3. The van der Waals surface area contributed by atoms with E-state index in [-0.39, 0.29) is 28.9 Å². The summed E-state index contributed by atoms with van der Waals surface area (Å²) in [7, 11) is -4.31. The zero-order valence-corrected chi connectivity index (χ0v) is 11.0. The van der Waals surface area contributed by atoms with Gasteiger partial charge in [0, 0.05) is 0 Å². The first-order chi connectivity index (χ1) is 9.20. The maximum absolute atomic E-state index is 10.6. The van der Waals surface area contributed by atoms with Gasteiger partial charge in [0.15, 0.2) is 0 Å². The molecule has 9 N–H and O–H groups in total. The smallest absolute Gasteiger partial charge is 0.359 e. The minimum absolute atomic E-state index is 0.0417. The van der Waals surface area contributed by atoms with Gasteiger partial charge in [0.2, 0.25) is 17.8 Å². The summed E-state index contributed by atoms with van der Waals surface area (Å²) in [5, 5.41) is 8.62. The van der Waals surface area contributed by atoms with E-state index in [1.165, 1.54) is 24.3 Å². The molecular weight excluding hydrogens is 287 g/mol. The average Bonchev–Trinajstić information content (AvgIpc) is 2.26. The molecule has 11 heteroatoms. The van der Waals surface area contributed by atoms with Crippen molar-refractivity contribution < 1.29 is 19.5 Å². The van der Waals surface area contributed by atoms with E-state index in [0.29, 0.717) is 0 Å². The third-order valence-electron chi connectivity index (χ3n) is 1.88. The molecule has 0 aliphatic rings. The molecular formula is C9H13N6O4P. The summed E-state index contributed by atoms with van der Waals surface area (Å²) < 4.78 is 10.6. The Balaban J connectivity index is 0.000000204. The molecule has 0 radical (unpaired) electrons. The molecule has 1 aromatic heterocycles. The third kappa shape index (κ3) is 4.69. The maximum atomic E-state index is 10.6. The Bertz CT molecular complexity index is 596. The average molecular weight is 300 g/mol. The quantitative estimate of drug-likeness (QED) is 0.348. The van der Waals surface area contributed by atoms with Gasteiger partial charge >= 0.3 is 7.60 Å². The number of benzene rings is 1. The molecule has 0 unspecified atom stereocenters. The minimum Gasteiger partial charge on any atom is -0.507 e. The summed E-state index contributed by atoms with van der Waals surface area (Å²) in [5.41, 5.74) is 15.4. The highest BCUT2D eigenvalue weighted by Crippen LogP contribution is 2.36. The van der Waals surface area contributed by atoms with Crippen molar-refractivity contribution >= 4 is 30.7 Å². The monoisotopic (exact) mass is 300 g/mol. The summed E-state index contributed by atoms with van der Waals surface area (Å²) in [5.74, 6) is -0.249. The van der Waals surface area contributed by atoms with Gasteiger partial charge < -0.3 is 32.1 Å². The standard InChI is InChI=1S/C6H7O4P.C3H6N6/c7-5-3-1-2-4-6(5)11(8,9)10;4-1-7-2(5)9-3(6)8-1/h1-4,7H,(H2,8,9,10);(H6,4,5,6,7,8,9). The van der Waals surface area contributed by atoms with Crippen molar-refractivity contribution in [2.24, 2.45) is 0 Å². The Morgan fingerprint density at radius 2 is 1.30 bits per heavy atom. The van der Waals surface area contributed by atoms with Crippen LogP contribution in [-0.2, 0) is 4.57 Å². The van der Waals surface area contributed by atoms with E-state index in [9.17, 15) is 4.57 Å². The largest absolute Gasteiger partial charge is 0.507 e. The van der Waals surface area contributed by atoms with Crippen LogP contribution in [0.2, 0.25) is 0 Å². The summed E-state index contributed by atoms with van der Waals surface area (Å²) >= 11 is 0. The molecule has 0 aliphatic carbocycles. The molecule has 20 heavy (non-hydrogen) atoms. The van der Waals surface area contributed by atoms with E-state index < -0.39 is 7.60 Å². The maximum Gasteiger partial charge on any atom is 0.359 e. The van der Waals surface area contributed by atoms with Crippen molar-refractivity contribution in [3.05, 3.63) is 24.3 Å². The lowest BCUT2D eigenvalue weighted by Gasteiger charge is -2.04. The molecule has 1 heterocycles. The highest BCUT2D eigenvalue weighted by Gasteiger charge is 2.20. The molecule has 2 aromatic rings. The number of phenolic OH excluding ortho intramolecular Hbond substituents is 1. The molecule has 2 rings (SSSR count). The van der Waals surface area contributed by atoms with Crippen LogP contribution >= 0.6 is 7.60 Å². The number of hydrogen-bond donors (Lipinski definition) is 6. The Kier molecular flexibility index (Phi) is 4.81. The number of nitrogens with two attached hydrogens (primary N) is 3. The zero-order chi connectivity index (χ0) is 15.3. The van der Waals surface area contributed by atoms with Crippen LogP contribution in [-0.4, -0.2) is 29.8 Å². The summed E-state index contributed by atoms with van der Waals surface area (Å²) in [6.45, 7) is 0. The molecule has 0 fully saturated rings. The first-order valence-corrected chi connectivity index (χ1v) is 6.68. The normalized spacial score (nSPS) is 10.5. The van der Waals surface area contributed by atoms with Crippen molar-refractivity contribution in [2.45, 2.75) is 0 Å². The van der Waals surface area contributed by atoms with Crippen molar-refractivity contribution in [3.8, 4) is 5.75 Å². The van der Waals surface area contributed by atoms with Crippen LogP contribution in [0.1, 0.15) is 0 Å². The van der Waals surface area contributed by atoms with Crippen LogP contribution in [0.3, 0.4) is 0 Å². The Morgan fingerprint density at radius 3 is 1.60 bits per heavy atom. The second kappa shape index (κ2) is 6.15. The summed E-state index contributed by atoms with van der Waals surface area (Å²) in [6.07, 6.45) is 0. The van der Waals surface area contributed by atoms with Crippen molar-refractivity contribution in [1.82, 2.24) is 15.0 Å². The van der Waals surface area contributed by atoms with Crippen LogP contribution in [0, 0.1) is 0 Å². The number of phenols is 1. The predicted molar refractivity (Wildman–Crippen MR) is 72.8 cm³/mol. The van der Waals surface area contributed by atoms with Crippen molar-refractivity contribution in [2.75, 3.05) is 17.2 Å². The molecule has 10 nitrogen and oxygen atoms in total. The van der Waals surface area contributed by atoms with Gasteiger partial charge in [-0.1, -0.05) is 12.1 Å². The predicted octanol–water partition coefficient (Wildman–Crippen LogP) is -1.19. The van der Waals surface area contributed by atoms with Crippen LogP contribution in [0.4, 0.5) is 17.8 Å². The van der Waals surface area contributed by atoms with Crippen molar-refractivity contribution in [3.63, 3.8) is 0 Å². The first kappa shape index (κ1) is 15.6. The van der Waals surface area contributed by atoms with Gasteiger partial charge in [0.05, 0.1) is 0 Å². The van der Waals surface area contributed by atoms with E-state index in [1.54, 1.807) is 0 Å². The van der Waals surface area contributed by atoms with Gasteiger partial charge in [-0.2, -0.15) is 15.0 Å².